The van der Waals surface area contributed by atoms with Crippen LogP contribution in [0.3, 0.4) is 0 Å². The van der Waals surface area contributed by atoms with Gasteiger partial charge in [-0.2, -0.15) is 0 Å². The molecule has 1 aromatic rings. The summed E-state index contributed by atoms with van der Waals surface area (Å²) < 4.78 is 1.18. The van der Waals surface area contributed by atoms with Gasteiger partial charge in [-0.1, -0.05) is 54.9 Å². The summed E-state index contributed by atoms with van der Waals surface area (Å²) in [4.78, 5) is 2.58. The fraction of sp³-hybridized carbons (Fsp3) is 0.647. The average Bonchev–Trinajstić information content (AvgIpc) is 2.42. The van der Waals surface area contributed by atoms with Gasteiger partial charge in [-0.15, -0.1) is 0 Å². The number of hydrogen-bond donors (Lipinski definition) is 1. The Morgan fingerprint density at radius 2 is 1.85 bits per heavy atom. The van der Waals surface area contributed by atoms with Crippen molar-refractivity contribution in [1.82, 2.24) is 4.90 Å². The summed E-state index contributed by atoms with van der Waals surface area (Å²) in [6, 6.07) is 9.04. The normalized spacial score (nSPS) is 22.4. The number of benzene rings is 1. The molecule has 0 spiro atoms. The fourth-order valence-electron chi connectivity index (χ4n) is 3.04. The summed E-state index contributed by atoms with van der Waals surface area (Å²) in [6.45, 7) is 9.22. The smallest absolute Gasteiger partial charge is 0.0510 e. The second-order valence-electron chi connectivity index (χ2n) is 6.74. The van der Waals surface area contributed by atoms with E-state index in [4.69, 9.17) is 5.73 Å². The zero-order valence-electron chi connectivity index (χ0n) is 12.9. The molecule has 2 nitrogen and oxygen atoms in total. The molecular formula is C17H27BrN2. The molecule has 112 valence electrons. The molecule has 0 radical (unpaired) electrons. The van der Waals surface area contributed by atoms with Crippen LogP contribution in [0.1, 0.15) is 51.6 Å². The van der Waals surface area contributed by atoms with Gasteiger partial charge in [0, 0.05) is 10.5 Å². The number of rotatable bonds is 4. The van der Waals surface area contributed by atoms with Crippen LogP contribution in [0.25, 0.3) is 0 Å². The van der Waals surface area contributed by atoms with E-state index in [1.165, 1.54) is 22.9 Å². The second-order valence-corrected chi connectivity index (χ2v) is 7.59. The molecule has 1 saturated heterocycles. The average molecular weight is 339 g/mol. The maximum absolute atomic E-state index is 6.45. The highest BCUT2D eigenvalue weighted by atomic mass is 79.9. The lowest BCUT2D eigenvalue weighted by atomic mass is 9.81. The number of nitrogens with two attached hydrogens (primary N) is 1. The number of nitrogens with zero attached hydrogens (tertiary/aromatic N) is 1. The zero-order valence-corrected chi connectivity index (χ0v) is 14.5. The van der Waals surface area contributed by atoms with E-state index in [9.17, 15) is 0 Å². The monoisotopic (exact) mass is 338 g/mol. The molecule has 2 N–H and O–H groups in total. The molecule has 2 unspecified atom stereocenters. The van der Waals surface area contributed by atoms with E-state index in [1.807, 2.05) is 0 Å². The van der Waals surface area contributed by atoms with Crippen LogP contribution in [0.15, 0.2) is 28.7 Å². The Hall–Kier alpha value is -0.380. The summed E-state index contributed by atoms with van der Waals surface area (Å²) in [5.41, 5.74) is 8.27. The topological polar surface area (TPSA) is 29.3 Å². The predicted molar refractivity (Wildman–Crippen MR) is 89.7 cm³/mol. The third kappa shape index (κ3) is 3.63. The van der Waals surface area contributed by atoms with Crippen LogP contribution < -0.4 is 5.73 Å². The second kappa shape index (κ2) is 6.59. The SMILES string of the molecule is CCC(N)C(c1ccccc1Br)N1CCC(C)(C)CC1. The van der Waals surface area contributed by atoms with Crippen molar-refractivity contribution in [1.29, 1.82) is 0 Å². The van der Waals surface area contributed by atoms with Crippen molar-refractivity contribution in [3.8, 4) is 0 Å². The van der Waals surface area contributed by atoms with Gasteiger partial charge < -0.3 is 5.73 Å². The van der Waals surface area contributed by atoms with Crippen molar-refractivity contribution >= 4 is 15.9 Å². The molecule has 0 bridgehead atoms. The standard InChI is InChI=1S/C17H27BrN2/c1-4-15(19)16(13-7-5-6-8-14(13)18)20-11-9-17(2,3)10-12-20/h5-8,15-16H,4,9-12,19H2,1-3H3. The molecule has 1 aliphatic heterocycles. The predicted octanol–water partition coefficient (Wildman–Crippen LogP) is 4.35. The van der Waals surface area contributed by atoms with Crippen LogP contribution in [0.2, 0.25) is 0 Å². The third-order valence-corrected chi connectivity index (χ3v) is 5.37. The van der Waals surface area contributed by atoms with Gasteiger partial charge in [-0.3, -0.25) is 4.90 Å². The van der Waals surface area contributed by atoms with Gasteiger partial charge in [-0.05, 0) is 49.4 Å². The van der Waals surface area contributed by atoms with Crippen LogP contribution in [0, 0.1) is 5.41 Å². The van der Waals surface area contributed by atoms with E-state index in [0.717, 1.165) is 19.5 Å². The Kier molecular flexibility index (Phi) is 5.27. The van der Waals surface area contributed by atoms with E-state index in [2.05, 4.69) is 65.9 Å². The van der Waals surface area contributed by atoms with Crippen LogP contribution >= 0.6 is 15.9 Å². The molecule has 0 aliphatic carbocycles. The molecule has 1 fully saturated rings. The van der Waals surface area contributed by atoms with Crippen LogP contribution in [0.4, 0.5) is 0 Å². The molecule has 0 saturated carbocycles. The van der Waals surface area contributed by atoms with E-state index in [-0.39, 0.29) is 6.04 Å². The summed E-state index contributed by atoms with van der Waals surface area (Å²) >= 11 is 3.70. The Balaban J connectivity index is 2.23. The third-order valence-electron chi connectivity index (χ3n) is 4.65. The minimum absolute atomic E-state index is 0.190. The maximum atomic E-state index is 6.45. The Morgan fingerprint density at radius 1 is 1.25 bits per heavy atom. The maximum Gasteiger partial charge on any atom is 0.0510 e. The molecule has 1 heterocycles. The highest BCUT2D eigenvalue weighted by molar-refractivity contribution is 9.10. The molecule has 0 amide bonds. The van der Waals surface area contributed by atoms with E-state index >= 15 is 0 Å². The highest BCUT2D eigenvalue weighted by Crippen LogP contribution is 2.37. The van der Waals surface area contributed by atoms with Gasteiger partial charge >= 0.3 is 0 Å². The molecule has 2 atom stereocenters. The van der Waals surface area contributed by atoms with E-state index < -0.39 is 0 Å². The van der Waals surface area contributed by atoms with Crippen LogP contribution in [-0.2, 0) is 0 Å². The number of likely N-dealkylation sites (tertiary alicyclic amines) is 1. The largest absolute Gasteiger partial charge is 0.326 e. The molecule has 1 aliphatic rings. The van der Waals surface area contributed by atoms with E-state index in [0.29, 0.717) is 11.5 Å². The molecule has 1 aromatic carbocycles. The molecule has 0 aromatic heterocycles. The molecule has 20 heavy (non-hydrogen) atoms. The first-order chi connectivity index (χ1) is 9.44. The van der Waals surface area contributed by atoms with Crippen LogP contribution in [-0.4, -0.2) is 24.0 Å². The Bertz CT molecular complexity index is 434. The van der Waals surface area contributed by atoms with Crippen molar-refractivity contribution < 1.29 is 0 Å². The lowest BCUT2D eigenvalue weighted by molar-refractivity contribution is 0.0806. The first-order valence-electron chi connectivity index (χ1n) is 7.68. The number of hydrogen-bond acceptors (Lipinski definition) is 2. The van der Waals surface area contributed by atoms with Gasteiger partial charge in [0.25, 0.3) is 0 Å². The fourth-order valence-corrected chi connectivity index (χ4v) is 3.56. The van der Waals surface area contributed by atoms with Crippen molar-refractivity contribution in [3.63, 3.8) is 0 Å². The first kappa shape index (κ1) is 16.0. The summed E-state index contributed by atoms with van der Waals surface area (Å²) in [5.74, 6) is 0. The summed E-state index contributed by atoms with van der Waals surface area (Å²) in [6.07, 6.45) is 3.51. The van der Waals surface area contributed by atoms with Gasteiger partial charge in [0.15, 0.2) is 0 Å². The Labute approximate surface area is 131 Å². The van der Waals surface area contributed by atoms with Gasteiger partial charge in [0.1, 0.15) is 0 Å². The number of halogens is 1. The van der Waals surface area contributed by atoms with E-state index in [1.54, 1.807) is 0 Å². The number of piperidine rings is 1. The quantitative estimate of drug-likeness (QED) is 0.884. The van der Waals surface area contributed by atoms with Gasteiger partial charge in [-0.25, -0.2) is 0 Å². The molecule has 2 rings (SSSR count). The minimum Gasteiger partial charge on any atom is -0.326 e. The Morgan fingerprint density at radius 3 is 2.40 bits per heavy atom. The lowest BCUT2D eigenvalue weighted by Crippen LogP contribution is -2.46. The summed E-state index contributed by atoms with van der Waals surface area (Å²) in [7, 11) is 0. The van der Waals surface area contributed by atoms with Crippen molar-refractivity contribution in [2.24, 2.45) is 11.1 Å². The van der Waals surface area contributed by atoms with Crippen molar-refractivity contribution in [3.05, 3.63) is 34.3 Å². The highest BCUT2D eigenvalue weighted by Gasteiger charge is 2.33. The van der Waals surface area contributed by atoms with Gasteiger partial charge in [0.05, 0.1) is 6.04 Å². The molecular weight excluding hydrogens is 312 g/mol. The van der Waals surface area contributed by atoms with Crippen molar-refractivity contribution in [2.75, 3.05) is 13.1 Å². The van der Waals surface area contributed by atoms with Crippen molar-refractivity contribution in [2.45, 2.75) is 52.1 Å². The molecule has 3 heteroatoms. The zero-order chi connectivity index (χ0) is 14.8. The summed E-state index contributed by atoms with van der Waals surface area (Å²) in [5, 5.41) is 0. The minimum atomic E-state index is 0.190. The van der Waals surface area contributed by atoms with Gasteiger partial charge in [0.2, 0.25) is 0 Å². The van der Waals surface area contributed by atoms with Crippen LogP contribution in [0.5, 0.6) is 0 Å². The first-order valence-corrected chi connectivity index (χ1v) is 8.48. The lowest BCUT2D eigenvalue weighted by Gasteiger charge is -2.43.